The minimum Gasteiger partial charge on any atom is -0.370 e. The van der Waals surface area contributed by atoms with E-state index in [1.54, 1.807) is 0 Å². The van der Waals surface area contributed by atoms with Crippen molar-refractivity contribution in [3.05, 3.63) is 42.2 Å². The summed E-state index contributed by atoms with van der Waals surface area (Å²) in [6.07, 6.45) is 2.46. The maximum Gasteiger partial charge on any atom is 0.309 e. The number of hydrazine groups is 1. The predicted octanol–water partition coefficient (Wildman–Crippen LogP) is 7.17. The van der Waals surface area contributed by atoms with Crippen LogP contribution >= 0.6 is 0 Å². The number of halogens is 1. The largest absolute Gasteiger partial charge is 0.370 e. The molecule has 1 aromatic carbocycles. The zero-order chi connectivity index (χ0) is 28.3. The van der Waals surface area contributed by atoms with Crippen LogP contribution in [0.2, 0.25) is 0 Å². The number of carbonyl (C=O) groups is 1. The van der Waals surface area contributed by atoms with Gasteiger partial charge in [0.25, 0.3) is 5.91 Å². The zero-order valence-corrected chi connectivity index (χ0v) is 24.8. The molecule has 1 aromatic heterocycles. The number of piperidine rings is 1. The van der Waals surface area contributed by atoms with Crippen molar-refractivity contribution in [2.24, 2.45) is 5.41 Å². The van der Waals surface area contributed by atoms with Crippen LogP contribution in [0.1, 0.15) is 92.6 Å². The van der Waals surface area contributed by atoms with Gasteiger partial charge < -0.3 is 15.2 Å². The molecule has 1 fully saturated rings. The molecule has 2 N–H and O–H groups in total. The summed E-state index contributed by atoms with van der Waals surface area (Å²) in [6.45, 7) is 22.4. The van der Waals surface area contributed by atoms with Crippen LogP contribution in [0.25, 0.3) is 0 Å². The third kappa shape index (κ3) is 11.3. The Morgan fingerprint density at radius 2 is 1.56 bits per heavy atom. The van der Waals surface area contributed by atoms with E-state index in [-0.39, 0.29) is 5.69 Å². The van der Waals surface area contributed by atoms with Crippen LogP contribution in [-0.4, -0.2) is 43.1 Å². The standard InChI is InChI=1S/C20H27FN6O.4C2H6/c1-20(2)8-11-27(12-9-20)17-13-14(26(4)22-3)5-6-15(17)24-18(28)16-7-10-23-19(21)25-16;4*1-2/h5-7,10,13,22H,8-9,11-12H2,1-4H3,(H,24,28);4*1-2H3. The van der Waals surface area contributed by atoms with E-state index in [9.17, 15) is 9.18 Å². The lowest BCUT2D eigenvalue weighted by Crippen LogP contribution is -2.38. The van der Waals surface area contributed by atoms with Gasteiger partial charge in [0.1, 0.15) is 5.69 Å². The smallest absolute Gasteiger partial charge is 0.309 e. The van der Waals surface area contributed by atoms with Crippen molar-refractivity contribution in [2.75, 3.05) is 42.4 Å². The second-order valence-electron chi connectivity index (χ2n) is 7.80. The topological polar surface area (TPSA) is 73.4 Å². The summed E-state index contributed by atoms with van der Waals surface area (Å²) in [5.74, 6) is -0.463. The minimum absolute atomic E-state index is 0.00496. The van der Waals surface area contributed by atoms with Gasteiger partial charge in [0.05, 0.1) is 17.1 Å². The molecule has 0 radical (unpaired) electrons. The molecule has 0 atom stereocenters. The van der Waals surface area contributed by atoms with Crippen molar-refractivity contribution >= 4 is 23.0 Å². The molecular formula is C28H51FN6O. The average Bonchev–Trinajstić information content (AvgIpc) is 2.93. The quantitative estimate of drug-likeness (QED) is 0.331. The SMILES string of the molecule is CC.CC.CC.CC.CNN(C)c1ccc(NC(=O)c2ccnc(F)n2)c(N2CCC(C)(C)CC2)c1. The molecule has 1 saturated heterocycles. The highest BCUT2D eigenvalue weighted by Crippen LogP contribution is 2.37. The molecule has 1 amide bonds. The Kier molecular flexibility index (Phi) is 19.1. The molecule has 1 aliphatic heterocycles. The number of nitrogens with zero attached hydrogens (tertiary/aromatic N) is 4. The van der Waals surface area contributed by atoms with Crippen molar-refractivity contribution in [3.63, 3.8) is 0 Å². The van der Waals surface area contributed by atoms with Gasteiger partial charge in [-0.1, -0.05) is 69.2 Å². The number of anilines is 3. The third-order valence-electron chi connectivity index (χ3n) is 5.27. The van der Waals surface area contributed by atoms with Crippen molar-refractivity contribution < 1.29 is 9.18 Å². The average molecular weight is 507 g/mol. The lowest BCUT2D eigenvalue weighted by Gasteiger charge is -2.39. The van der Waals surface area contributed by atoms with Gasteiger partial charge in [0.15, 0.2) is 0 Å². The van der Waals surface area contributed by atoms with Gasteiger partial charge >= 0.3 is 6.08 Å². The lowest BCUT2D eigenvalue weighted by atomic mass is 9.82. The van der Waals surface area contributed by atoms with E-state index in [0.717, 1.165) is 37.3 Å². The number of hydrogen-bond donors (Lipinski definition) is 2. The first kappa shape index (κ1) is 35.4. The van der Waals surface area contributed by atoms with Crippen LogP contribution in [0.3, 0.4) is 0 Å². The van der Waals surface area contributed by atoms with Crippen LogP contribution in [-0.2, 0) is 0 Å². The molecule has 2 heterocycles. The van der Waals surface area contributed by atoms with Crippen LogP contribution in [0.15, 0.2) is 30.5 Å². The monoisotopic (exact) mass is 506 g/mol. The predicted molar refractivity (Wildman–Crippen MR) is 154 cm³/mol. The van der Waals surface area contributed by atoms with Crippen molar-refractivity contribution in [2.45, 2.75) is 82.1 Å². The summed E-state index contributed by atoms with van der Waals surface area (Å²) in [7, 11) is 3.78. The highest BCUT2D eigenvalue weighted by atomic mass is 19.1. The Morgan fingerprint density at radius 3 is 2.06 bits per heavy atom. The van der Waals surface area contributed by atoms with E-state index in [1.807, 2.05) is 92.7 Å². The van der Waals surface area contributed by atoms with E-state index in [0.29, 0.717) is 11.1 Å². The first-order valence-electron chi connectivity index (χ1n) is 13.4. The second-order valence-corrected chi connectivity index (χ2v) is 7.80. The van der Waals surface area contributed by atoms with Crippen LogP contribution in [0, 0.1) is 11.5 Å². The normalized spacial score (nSPS) is 13.1. The third-order valence-corrected chi connectivity index (χ3v) is 5.27. The van der Waals surface area contributed by atoms with E-state index >= 15 is 0 Å². The first-order chi connectivity index (χ1) is 17.3. The molecule has 0 spiro atoms. The molecule has 2 aromatic rings. The molecule has 0 aliphatic carbocycles. The van der Waals surface area contributed by atoms with E-state index in [1.165, 1.54) is 12.3 Å². The summed E-state index contributed by atoms with van der Waals surface area (Å²) in [5, 5.41) is 4.79. The Balaban J connectivity index is 0. The van der Waals surface area contributed by atoms with E-state index in [2.05, 4.69) is 39.5 Å². The molecule has 206 valence electrons. The number of rotatable bonds is 5. The van der Waals surface area contributed by atoms with Gasteiger partial charge in [-0.25, -0.2) is 10.4 Å². The summed E-state index contributed by atoms with van der Waals surface area (Å²) >= 11 is 0. The van der Waals surface area contributed by atoms with Crippen molar-refractivity contribution in [3.8, 4) is 0 Å². The minimum atomic E-state index is -0.919. The zero-order valence-electron chi connectivity index (χ0n) is 24.8. The molecule has 0 bridgehead atoms. The fourth-order valence-corrected chi connectivity index (χ4v) is 3.23. The highest BCUT2D eigenvalue weighted by Gasteiger charge is 2.27. The van der Waals surface area contributed by atoms with E-state index in [4.69, 9.17) is 0 Å². The van der Waals surface area contributed by atoms with Crippen LogP contribution in [0.4, 0.5) is 21.5 Å². The van der Waals surface area contributed by atoms with E-state index < -0.39 is 12.0 Å². The molecule has 7 nitrogen and oxygen atoms in total. The van der Waals surface area contributed by atoms with Gasteiger partial charge in [-0.05, 0) is 42.5 Å². The molecule has 0 unspecified atom stereocenters. The summed E-state index contributed by atoms with van der Waals surface area (Å²) in [6, 6.07) is 7.23. The highest BCUT2D eigenvalue weighted by molar-refractivity contribution is 6.04. The van der Waals surface area contributed by atoms with Gasteiger partial charge in [-0.15, -0.1) is 0 Å². The summed E-state index contributed by atoms with van der Waals surface area (Å²) in [5.41, 5.74) is 6.00. The maximum atomic E-state index is 13.3. The van der Waals surface area contributed by atoms with Gasteiger partial charge in [0, 0.05) is 33.4 Å². The number of hydrogen-bond acceptors (Lipinski definition) is 6. The van der Waals surface area contributed by atoms with Gasteiger partial charge in [-0.3, -0.25) is 4.79 Å². The molecule has 36 heavy (non-hydrogen) atoms. The first-order valence-corrected chi connectivity index (χ1v) is 13.4. The number of amides is 1. The van der Waals surface area contributed by atoms with Crippen LogP contribution < -0.4 is 20.7 Å². The molecule has 3 rings (SSSR count). The Hall–Kier alpha value is -2.74. The molecular weight excluding hydrogens is 455 g/mol. The maximum absolute atomic E-state index is 13.3. The fourth-order valence-electron chi connectivity index (χ4n) is 3.23. The lowest BCUT2D eigenvalue weighted by molar-refractivity contribution is 0.102. The molecule has 0 saturated carbocycles. The summed E-state index contributed by atoms with van der Waals surface area (Å²) in [4.78, 5) is 21.8. The van der Waals surface area contributed by atoms with Crippen molar-refractivity contribution in [1.82, 2.24) is 15.4 Å². The number of aromatic nitrogens is 2. The fraction of sp³-hybridized carbons (Fsp3) is 0.607. The second kappa shape index (κ2) is 19.4. The van der Waals surface area contributed by atoms with Crippen LogP contribution in [0.5, 0.6) is 0 Å². The Labute approximate surface area is 219 Å². The number of nitrogens with one attached hydrogen (secondary N) is 2. The molecule has 1 aliphatic rings. The number of carbonyl (C=O) groups excluding carboxylic acids is 1. The van der Waals surface area contributed by atoms with Gasteiger partial charge in [-0.2, -0.15) is 9.37 Å². The summed E-state index contributed by atoms with van der Waals surface area (Å²) < 4.78 is 13.3. The van der Waals surface area contributed by atoms with Gasteiger partial charge in [0.2, 0.25) is 0 Å². The van der Waals surface area contributed by atoms with Crippen molar-refractivity contribution in [1.29, 1.82) is 0 Å². The molecule has 8 heteroatoms. The number of benzene rings is 1. The Bertz CT molecular complexity index is 850. The Morgan fingerprint density at radius 1 is 1.00 bits per heavy atom.